The van der Waals surface area contributed by atoms with Gasteiger partial charge >= 0.3 is 12.1 Å². The molecule has 3 aromatic carbocycles. The van der Waals surface area contributed by atoms with Crippen LogP contribution in [0.1, 0.15) is 40.3 Å². The number of nitrogens with one attached hydrogen (secondary N) is 2. The van der Waals surface area contributed by atoms with Crippen LogP contribution in [-0.4, -0.2) is 52.4 Å². The van der Waals surface area contributed by atoms with E-state index in [-0.39, 0.29) is 11.8 Å². The highest BCUT2D eigenvalue weighted by molar-refractivity contribution is 6.09. The van der Waals surface area contributed by atoms with Gasteiger partial charge in [0.2, 0.25) is 5.91 Å². The zero-order valence-electron chi connectivity index (χ0n) is 21.8. The monoisotopic (exact) mass is 548 g/mol. The summed E-state index contributed by atoms with van der Waals surface area (Å²) in [6.07, 6.45) is -0.0799. The maximum absolute atomic E-state index is 12.8. The van der Waals surface area contributed by atoms with Gasteiger partial charge < -0.3 is 15.3 Å². The Morgan fingerprint density at radius 3 is 2.48 bits per heavy atom. The van der Waals surface area contributed by atoms with Crippen molar-refractivity contribution in [3.63, 3.8) is 0 Å². The van der Waals surface area contributed by atoms with Gasteiger partial charge in [-0.2, -0.15) is 18.3 Å². The number of para-hydroxylation sites is 1. The van der Waals surface area contributed by atoms with Crippen LogP contribution in [0.4, 0.5) is 18.9 Å². The molecule has 2 heterocycles. The van der Waals surface area contributed by atoms with Crippen molar-refractivity contribution in [1.29, 1.82) is 0 Å². The molecule has 1 saturated carbocycles. The van der Waals surface area contributed by atoms with Crippen LogP contribution in [0.5, 0.6) is 0 Å². The van der Waals surface area contributed by atoms with Crippen molar-refractivity contribution >= 4 is 40.6 Å². The van der Waals surface area contributed by atoms with E-state index in [1.165, 1.54) is 11.1 Å². The number of anilines is 1. The molecule has 1 fully saturated rings. The molecule has 0 saturated heterocycles. The molecule has 0 radical (unpaired) electrons. The lowest BCUT2D eigenvalue weighted by Crippen LogP contribution is -2.21. The summed E-state index contributed by atoms with van der Waals surface area (Å²) in [4.78, 5) is 23.9. The van der Waals surface area contributed by atoms with Gasteiger partial charge in [-0.05, 0) is 61.0 Å². The molecule has 0 unspecified atom stereocenters. The second-order valence-corrected chi connectivity index (χ2v) is 10.3. The molecule has 1 aliphatic heterocycles. The molecule has 206 valence electrons. The molecular formula is C30H27F3N4O3. The summed E-state index contributed by atoms with van der Waals surface area (Å²) in [6.45, 7) is 0.936. The Morgan fingerprint density at radius 2 is 1.80 bits per heavy atom. The van der Waals surface area contributed by atoms with Crippen molar-refractivity contribution in [1.82, 2.24) is 15.1 Å². The number of carbonyl (C=O) groups excluding carboxylic acids is 1. The van der Waals surface area contributed by atoms with E-state index in [2.05, 4.69) is 95.2 Å². The fourth-order valence-electron chi connectivity index (χ4n) is 5.23. The van der Waals surface area contributed by atoms with Gasteiger partial charge in [0.25, 0.3) is 0 Å². The quantitative estimate of drug-likeness (QED) is 0.293. The Hall–Kier alpha value is -4.44. The minimum Gasteiger partial charge on any atom is -0.475 e. The Kier molecular flexibility index (Phi) is 6.97. The SMILES string of the molecule is CN(C)Cc1ccc(/C=C/c2n[nH]c3cc([C@@H]4C[C@@]45C(=O)Nc4ccccc45)ccc23)cc1.O=C(O)C(F)(F)F. The van der Waals surface area contributed by atoms with E-state index in [9.17, 15) is 18.0 Å². The molecule has 2 atom stereocenters. The molecule has 1 spiro atoms. The normalized spacial score (nSPS) is 19.6. The number of aliphatic carboxylic acids is 1. The van der Waals surface area contributed by atoms with Crippen LogP contribution in [0.25, 0.3) is 23.1 Å². The molecule has 1 amide bonds. The highest BCUT2D eigenvalue weighted by Gasteiger charge is 2.65. The standard InChI is InChI=1S/C28H26N4O.C2HF3O2/c1-32(2)17-19-9-7-18(8-10-19)11-14-24-21-13-12-20(15-26(21)31-30-24)23-16-28(23)22-5-3-4-6-25(22)29-27(28)33;3-2(4,5)1(6)7/h3-15,23H,16-17H2,1-2H3,(H,29,33)(H,30,31);(H,6,7)/b14-11+;/t23-,28-;/m0./s1. The van der Waals surface area contributed by atoms with Gasteiger partial charge in [-0.15, -0.1) is 0 Å². The number of carbonyl (C=O) groups is 2. The van der Waals surface area contributed by atoms with Gasteiger partial charge in [0.05, 0.1) is 16.6 Å². The minimum atomic E-state index is -5.08. The average Bonchev–Trinajstić information content (AvgIpc) is 3.44. The molecule has 2 aliphatic rings. The summed E-state index contributed by atoms with van der Waals surface area (Å²) < 4.78 is 31.7. The zero-order chi connectivity index (χ0) is 28.7. The fourth-order valence-corrected chi connectivity index (χ4v) is 5.23. The first-order valence-electron chi connectivity index (χ1n) is 12.6. The van der Waals surface area contributed by atoms with E-state index in [1.807, 2.05) is 18.2 Å². The highest BCUT2D eigenvalue weighted by atomic mass is 19.4. The average molecular weight is 549 g/mol. The van der Waals surface area contributed by atoms with E-state index in [0.717, 1.165) is 46.4 Å². The summed E-state index contributed by atoms with van der Waals surface area (Å²) in [5.74, 6) is -2.43. The van der Waals surface area contributed by atoms with Crippen molar-refractivity contribution in [3.05, 3.63) is 94.7 Å². The maximum atomic E-state index is 12.8. The van der Waals surface area contributed by atoms with E-state index in [1.54, 1.807) is 0 Å². The third-order valence-electron chi connectivity index (χ3n) is 7.20. The van der Waals surface area contributed by atoms with Crippen LogP contribution in [0.15, 0.2) is 66.7 Å². The molecular weight excluding hydrogens is 521 g/mol. The molecule has 1 aromatic heterocycles. The lowest BCUT2D eigenvalue weighted by Gasteiger charge is -2.09. The Labute approximate surface area is 228 Å². The van der Waals surface area contributed by atoms with Crippen molar-refractivity contribution in [2.24, 2.45) is 0 Å². The van der Waals surface area contributed by atoms with Gasteiger partial charge in [0, 0.05) is 23.5 Å². The van der Waals surface area contributed by atoms with E-state index in [0.29, 0.717) is 0 Å². The third-order valence-corrected chi connectivity index (χ3v) is 7.20. The van der Waals surface area contributed by atoms with Crippen molar-refractivity contribution in [2.45, 2.75) is 30.5 Å². The first-order chi connectivity index (χ1) is 19.0. The first kappa shape index (κ1) is 27.1. The molecule has 1 aliphatic carbocycles. The Morgan fingerprint density at radius 1 is 1.10 bits per heavy atom. The molecule has 7 nitrogen and oxygen atoms in total. The number of rotatable bonds is 5. The van der Waals surface area contributed by atoms with Crippen LogP contribution in [0.3, 0.4) is 0 Å². The third kappa shape index (κ3) is 5.22. The predicted molar refractivity (Wildman–Crippen MR) is 147 cm³/mol. The first-order valence-corrected chi connectivity index (χ1v) is 12.6. The molecule has 40 heavy (non-hydrogen) atoms. The van der Waals surface area contributed by atoms with Crippen LogP contribution in [-0.2, 0) is 21.5 Å². The molecule has 0 bridgehead atoms. The van der Waals surface area contributed by atoms with Crippen molar-refractivity contribution in [3.8, 4) is 0 Å². The van der Waals surface area contributed by atoms with E-state index >= 15 is 0 Å². The van der Waals surface area contributed by atoms with Crippen molar-refractivity contribution < 1.29 is 27.9 Å². The number of H-pyrrole nitrogens is 1. The lowest BCUT2D eigenvalue weighted by molar-refractivity contribution is -0.192. The number of carboxylic acid groups (broad SMARTS) is 1. The smallest absolute Gasteiger partial charge is 0.475 e. The van der Waals surface area contributed by atoms with Crippen LogP contribution >= 0.6 is 0 Å². The second-order valence-electron chi connectivity index (χ2n) is 10.3. The topological polar surface area (TPSA) is 98.3 Å². The number of benzene rings is 3. The summed E-state index contributed by atoms with van der Waals surface area (Å²) in [5.41, 5.74) is 7.23. The molecule has 4 aromatic rings. The summed E-state index contributed by atoms with van der Waals surface area (Å²) in [5, 5.41) is 19.0. The summed E-state index contributed by atoms with van der Waals surface area (Å²) >= 11 is 0. The molecule has 6 rings (SSSR count). The van der Waals surface area contributed by atoms with E-state index in [4.69, 9.17) is 9.90 Å². The fraction of sp³-hybridized carbons (Fsp3) is 0.233. The van der Waals surface area contributed by atoms with Gasteiger partial charge in [-0.25, -0.2) is 4.79 Å². The van der Waals surface area contributed by atoms with Crippen LogP contribution in [0, 0.1) is 0 Å². The van der Waals surface area contributed by atoms with Gasteiger partial charge in [-0.1, -0.05) is 60.7 Å². The largest absolute Gasteiger partial charge is 0.490 e. The van der Waals surface area contributed by atoms with Crippen molar-refractivity contribution in [2.75, 3.05) is 19.4 Å². The van der Waals surface area contributed by atoms with E-state index < -0.39 is 17.6 Å². The van der Waals surface area contributed by atoms with Gasteiger partial charge in [-0.3, -0.25) is 9.89 Å². The zero-order valence-corrected chi connectivity index (χ0v) is 21.8. The summed E-state index contributed by atoms with van der Waals surface area (Å²) in [6, 6.07) is 23.1. The molecule has 3 N–H and O–H groups in total. The number of hydrogen-bond donors (Lipinski definition) is 3. The number of nitrogens with zero attached hydrogens (tertiary/aromatic N) is 2. The maximum Gasteiger partial charge on any atom is 0.490 e. The number of carboxylic acids is 1. The number of halogens is 3. The van der Waals surface area contributed by atoms with Gasteiger partial charge in [0.15, 0.2) is 0 Å². The van der Waals surface area contributed by atoms with Gasteiger partial charge in [0.1, 0.15) is 0 Å². The van der Waals surface area contributed by atoms with Crippen LogP contribution in [0.2, 0.25) is 0 Å². The highest BCUT2D eigenvalue weighted by Crippen LogP contribution is 2.64. The van der Waals surface area contributed by atoms with Crippen LogP contribution < -0.4 is 5.32 Å². The summed E-state index contributed by atoms with van der Waals surface area (Å²) in [7, 11) is 4.15. The number of hydrogen-bond acceptors (Lipinski definition) is 4. The minimum absolute atomic E-state index is 0.124. The lowest BCUT2D eigenvalue weighted by atomic mass is 9.92. The second kappa shape index (κ2) is 10.3. The molecule has 10 heteroatoms. The predicted octanol–water partition coefficient (Wildman–Crippen LogP) is 5.81. The number of aromatic amines is 1. The number of amides is 1. The number of alkyl halides is 3. The Balaban J connectivity index is 0.000000411. The Bertz CT molecular complexity index is 1610. The number of aromatic nitrogens is 2. The number of fused-ring (bicyclic) bond motifs is 3.